The van der Waals surface area contributed by atoms with Crippen LogP contribution in [0, 0.1) is 10.6 Å². The normalized spacial score (nSPS) is 11.8. The molecule has 0 radical (unpaired) electrons. The summed E-state index contributed by atoms with van der Waals surface area (Å²) in [5.41, 5.74) is 0.603. The van der Waals surface area contributed by atoms with Crippen molar-refractivity contribution in [3.8, 4) is 11.4 Å². The van der Waals surface area contributed by atoms with Gasteiger partial charge in [-0.15, -0.1) is 0 Å². The number of H-pyrrole nitrogens is 1. The van der Waals surface area contributed by atoms with Crippen molar-refractivity contribution in [3.63, 3.8) is 0 Å². The van der Waals surface area contributed by atoms with Crippen LogP contribution in [0.25, 0.3) is 11.4 Å². The van der Waals surface area contributed by atoms with Crippen molar-refractivity contribution < 1.29 is 4.39 Å². The van der Waals surface area contributed by atoms with Crippen LogP contribution in [-0.2, 0) is 5.54 Å². The number of rotatable bonds is 1. The van der Waals surface area contributed by atoms with E-state index in [2.05, 4.69) is 26.1 Å². The molecule has 0 aliphatic heterocycles. The van der Waals surface area contributed by atoms with Gasteiger partial charge in [0.15, 0.2) is 10.6 Å². The van der Waals surface area contributed by atoms with Gasteiger partial charge in [-0.2, -0.15) is 5.10 Å². The molecular weight excluding hydrogens is 317 g/mol. The van der Waals surface area contributed by atoms with Crippen molar-refractivity contribution in [2.24, 2.45) is 0 Å². The van der Waals surface area contributed by atoms with E-state index in [0.717, 1.165) is 5.56 Å². The quantitative estimate of drug-likeness (QED) is 0.793. The van der Waals surface area contributed by atoms with Crippen LogP contribution in [0.5, 0.6) is 0 Å². The van der Waals surface area contributed by atoms with E-state index in [1.807, 2.05) is 25.3 Å². The van der Waals surface area contributed by atoms with Crippen LogP contribution in [-0.4, -0.2) is 14.8 Å². The largest absolute Gasteiger partial charge is 0.295 e. The topological polar surface area (TPSA) is 33.6 Å². The second-order valence-electron chi connectivity index (χ2n) is 4.98. The number of hydrogen-bond acceptors (Lipinski definition) is 2. The SMILES string of the molecule is CC(C)(C)n1c(-c2ccc(F)cc2Br)n[nH]c1=S. The second-order valence-corrected chi connectivity index (χ2v) is 6.22. The lowest BCUT2D eigenvalue weighted by molar-refractivity contribution is 0.395. The molecule has 2 aromatic rings. The molecule has 0 aliphatic rings. The van der Waals surface area contributed by atoms with Crippen LogP contribution in [0.3, 0.4) is 0 Å². The third kappa shape index (κ3) is 2.40. The number of nitrogens with one attached hydrogen (secondary N) is 1. The van der Waals surface area contributed by atoms with Crippen molar-refractivity contribution in [1.82, 2.24) is 14.8 Å². The predicted octanol–water partition coefficient (Wildman–Crippen LogP) is 4.26. The van der Waals surface area contributed by atoms with Crippen molar-refractivity contribution >= 4 is 28.1 Å². The molecule has 0 amide bonds. The molecular formula is C12H13BrFN3S. The number of aromatic amines is 1. The molecule has 0 saturated heterocycles. The highest BCUT2D eigenvalue weighted by molar-refractivity contribution is 9.10. The highest BCUT2D eigenvalue weighted by Crippen LogP contribution is 2.30. The molecule has 1 heterocycles. The Bertz CT molecular complexity index is 640. The summed E-state index contributed by atoms with van der Waals surface area (Å²) in [6.45, 7) is 6.12. The van der Waals surface area contributed by atoms with E-state index >= 15 is 0 Å². The smallest absolute Gasteiger partial charge is 0.195 e. The van der Waals surface area contributed by atoms with Gasteiger partial charge in [-0.25, -0.2) is 4.39 Å². The fraction of sp³-hybridized carbons (Fsp3) is 0.333. The minimum atomic E-state index is -0.290. The Balaban J connectivity index is 2.69. The van der Waals surface area contributed by atoms with E-state index in [-0.39, 0.29) is 11.4 Å². The molecule has 96 valence electrons. The van der Waals surface area contributed by atoms with Crippen LogP contribution in [0.15, 0.2) is 22.7 Å². The first-order valence-electron chi connectivity index (χ1n) is 5.44. The molecule has 1 N–H and O–H groups in total. The first-order chi connectivity index (χ1) is 8.30. The summed E-state index contributed by atoms with van der Waals surface area (Å²) >= 11 is 8.60. The number of aromatic nitrogens is 3. The van der Waals surface area contributed by atoms with Crippen molar-refractivity contribution in [3.05, 3.63) is 33.3 Å². The Labute approximate surface area is 118 Å². The lowest BCUT2D eigenvalue weighted by atomic mass is 10.1. The Morgan fingerprint density at radius 3 is 2.61 bits per heavy atom. The van der Waals surface area contributed by atoms with Crippen molar-refractivity contribution in [2.75, 3.05) is 0 Å². The first kappa shape index (κ1) is 13.4. The fourth-order valence-electron chi connectivity index (χ4n) is 1.77. The van der Waals surface area contributed by atoms with E-state index < -0.39 is 0 Å². The molecule has 6 heteroatoms. The summed E-state index contributed by atoms with van der Waals surface area (Å²) in [5.74, 6) is 0.404. The molecule has 1 aromatic carbocycles. The summed E-state index contributed by atoms with van der Waals surface area (Å²) in [4.78, 5) is 0. The number of halogens is 2. The van der Waals surface area contributed by atoms with Crippen LogP contribution in [0.4, 0.5) is 4.39 Å². The first-order valence-corrected chi connectivity index (χ1v) is 6.64. The van der Waals surface area contributed by atoms with Gasteiger partial charge in [0, 0.05) is 15.6 Å². The number of hydrogen-bond donors (Lipinski definition) is 1. The van der Waals surface area contributed by atoms with E-state index in [1.165, 1.54) is 12.1 Å². The minimum Gasteiger partial charge on any atom is -0.295 e. The van der Waals surface area contributed by atoms with E-state index in [0.29, 0.717) is 15.1 Å². The van der Waals surface area contributed by atoms with Gasteiger partial charge < -0.3 is 0 Å². The molecule has 2 rings (SSSR count). The van der Waals surface area contributed by atoms with Crippen LogP contribution >= 0.6 is 28.1 Å². The van der Waals surface area contributed by atoms with Crippen LogP contribution in [0.2, 0.25) is 0 Å². The summed E-state index contributed by atoms with van der Waals surface area (Å²) in [6.07, 6.45) is 0. The Morgan fingerprint density at radius 1 is 1.39 bits per heavy atom. The van der Waals surface area contributed by atoms with E-state index in [1.54, 1.807) is 6.07 Å². The predicted molar refractivity (Wildman–Crippen MR) is 75.5 cm³/mol. The molecule has 0 unspecified atom stereocenters. The van der Waals surface area contributed by atoms with Gasteiger partial charge in [-0.3, -0.25) is 9.67 Å². The molecule has 0 fully saturated rings. The second kappa shape index (κ2) is 4.59. The third-order valence-electron chi connectivity index (χ3n) is 2.52. The fourth-order valence-corrected chi connectivity index (χ4v) is 2.70. The standard InChI is InChI=1S/C12H13BrFN3S/c1-12(2,3)17-10(15-16-11(17)18)8-5-4-7(14)6-9(8)13/h4-6H,1-3H3,(H,16,18). The molecule has 1 aromatic heterocycles. The molecule has 0 spiro atoms. The van der Waals surface area contributed by atoms with Gasteiger partial charge in [0.1, 0.15) is 5.82 Å². The van der Waals surface area contributed by atoms with Crippen LogP contribution in [0.1, 0.15) is 20.8 Å². The van der Waals surface area contributed by atoms with Gasteiger partial charge in [0.05, 0.1) is 0 Å². The zero-order valence-corrected chi connectivity index (χ0v) is 12.7. The maximum atomic E-state index is 13.1. The summed E-state index contributed by atoms with van der Waals surface area (Å²) < 4.78 is 16.2. The molecule has 18 heavy (non-hydrogen) atoms. The van der Waals surface area contributed by atoms with Gasteiger partial charge in [0.25, 0.3) is 0 Å². The summed E-state index contributed by atoms with van der Waals surface area (Å²) in [5, 5.41) is 7.02. The Kier molecular flexibility index (Phi) is 3.42. The van der Waals surface area contributed by atoms with E-state index in [9.17, 15) is 4.39 Å². The van der Waals surface area contributed by atoms with Crippen molar-refractivity contribution in [2.45, 2.75) is 26.3 Å². The lowest BCUT2D eigenvalue weighted by Gasteiger charge is -2.22. The average Bonchev–Trinajstić information content (AvgIpc) is 2.59. The summed E-state index contributed by atoms with van der Waals surface area (Å²) in [6, 6.07) is 4.51. The number of nitrogens with zero attached hydrogens (tertiary/aromatic N) is 2. The zero-order valence-electron chi connectivity index (χ0n) is 10.3. The van der Waals surface area contributed by atoms with Gasteiger partial charge >= 0.3 is 0 Å². The summed E-state index contributed by atoms with van der Waals surface area (Å²) in [7, 11) is 0. The lowest BCUT2D eigenvalue weighted by Crippen LogP contribution is -2.23. The monoisotopic (exact) mass is 329 g/mol. The molecule has 0 bridgehead atoms. The molecule has 0 aliphatic carbocycles. The minimum absolute atomic E-state index is 0.201. The molecule has 0 saturated carbocycles. The average molecular weight is 330 g/mol. The Morgan fingerprint density at radius 2 is 2.06 bits per heavy atom. The van der Waals surface area contributed by atoms with Gasteiger partial charge in [0.2, 0.25) is 0 Å². The van der Waals surface area contributed by atoms with Gasteiger partial charge in [-0.1, -0.05) is 0 Å². The number of benzene rings is 1. The maximum absolute atomic E-state index is 13.1. The third-order valence-corrected chi connectivity index (χ3v) is 3.45. The highest BCUT2D eigenvalue weighted by Gasteiger charge is 2.21. The Hall–Kier alpha value is -1.01. The maximum Gasteiger partial charge on any atom is 0.195 e. The van der Waals surface area contributed by atoms with Crippen LogP contribution < -0.4 is 0 Å². The van der Waals surface area contributed by atoms with E-state index in [4.69, 9.17) is 12.2 Å². The molecule has 3 nitrogen and oxygen atoms in total. The molecule has 0 atom stereocenters. The van der Waals surface area contributed by atoms with Crippen molar-refractivity contribution in [1.29, 1.82) is 0 Å². The zero-order chi connectivity index (χ0) is 13.5. The highest BCUT2D eigenvalue weighted by atomic mass is 79.9. The van der Waals surface area contributed by atoms with Gasteiger partial charge in [-0.05, 0) is 67.1 Å².